The Balaban J connectivity index is 1.29. The molecule has 0 amide bonds. The number of sulfonamides is 1. The fraction of sp³-hybridized carbons (Fsp3) is 0.261. The average molecular weight is 481 g/mol. The topological polar surface area (TPSA) is 91.3 Å². The van der Waals surface area contributed by atoms with Gasteiger partial charge >= 0.3 is 0 Å². The molecular formula is C23H24N6O2S2. The highest BCUT2D eigenvalue weighted by Gasteiger charge is 2.17. The van der Waals surface area contributed by atoms with Crippen molar-refractivity contribution in [1.82, 2.24) is 20.1 Å². The van der Waals surface area contributed by atoms with Gasteiger partial charge in [0.25, 0.3) is 10.0 Å². The van der Waals surface area contributed by atoms with E-state index in [4.69, 9.17) is 0 Å². The van der Waals surface area contributed by atoms with Crippen LogP contribution in [0.4, 0.5) is 11.5 Å². The van der Waals surface area contributed by atoms with Gasteiger partial charge in [0.2, 0.25) is 0 Å². The number of benzene rings is 2. The molecule has 0 bridgehead atoms. The van der Waals surface area contributed by atoms with E-state index < -0.39 is 10.0 Å². The zero-order valence-electron chi connectivity index (χ0n) is 18.4. The lowest BCUT2D eigenvalue weighted by Gasteiger charge is -2.32. The Labute approximate surface area is 197 Å². The monoisotopic (exact) mass is 480 g/mol. The van der Waals surface area contributed by atoms with Gasteiger partial charge in [-0.3, -0.25) is 4.72 Å². The standard InChI is InChI=1S/C23H24N6O2S2/c1-16-24-21-8-7-19(15-22(21)32-16)33(30,31)27-18-5-3-17(4-6-18)20-9-10-23(26-25-20)29-13-11-28(2)12-14-29/h3-10,15,27H,11-14H2,1-2H3. The van der Waals surface area contributed by atoms with Crippen molar-refractivity contribution in [2.45, 2.75) is 11.8 Å². The maximum absolute atomic E-state index is 12.9. The molecule has 0 saturated carbocycles. The average Bonchev–Trinajstić information content (AvgIpc) is 3.19. The molecule has 2 aromatic carbocycles. The highest BCUT2D eigenvalue weighted by atomic mass is 32.2. The molecule has 1 fully saturated rings. The van der Waals surface area contributed by atoms with E-state index >= 15 is 0 Å². The third-order valence-electron chi connectivity index (χ3n) is 5.69. The number of hydrogen-bond donors (Lipinski definition) is 1. The molecule has 0 atom stereocenters. The van der Waals surface area contributed by atoms with Crippen LogP contribution in [0.3, 0.4) is 0 Å². The largest absolute Gasteiger partial charge is 0.353 e. The molecule has 2 aromatic heterocycles. The van der Waals surface area contributed by atoms with Crippen LogP contribution in [0.15, 0.2) is 59.5 Å². The molecule has 170 valence electrons. The summed E-state index contributed by atoms with van der Waals surface area (Å²) < 4.78 is 29.2. The molecule has 33 heavy (non-hydrogen) atoms. The summed E-state index contributed by atoms with van der Waals surface area (Å²) in [6.07, 6.45) is 0. The van der Waals surface area contributed by atoms with Crippen LogP contribution in [-0.4, -0.2) is 61.7 Å². The summed E-state index contributed by atoms with van der Waals surface area (Å²) in [7, 11) is -1.58. The molecular weight excluding hydrogens is 456 g/mol. The lowest BCUT2D eigenvalue weighted by Crippen LogP contribution is -2.44. The van der Waals surface area contributed by atoms with E-state index in [-0.39, 0.29) is 4.90 Å². The number of fused-ring (bicyclic) bond motifs is 1. The SMILES string of the molecule is Cc1nc2ccc(S(=O)(=O)Nc3ccc(-c4ccc(N5CCN(C)CC5)nn4)cc3)cc2s1. The molecule has 0 radical (unpaired) electrons. The number of rotatable bonds is 5. The first-order valence-electron chi connectivity index (χ1n) is 10.7. The smallest absolute Gasteiger partial charge is 0.261 e. The number of nitrogens with one attached hydrogen (secondary N) is 1. The van der Waals surface area contributed by atoms with Gasteiger partial charge in [0.1, 0.15) is 0 Å². The lowest BCUT2D eigenvalue weighted by atomic mass is 10.1. The number of nitrogens with zero attached hydrogens (tertiary/aromatic N) is 5. The molecule has 0 unspecified atom stereocenters. The normalized spacial score (nSPS) is 15.2. The summed E-state index contributed by atoms with van der Waals surface area (Å²) in [4.78, 5) is 9.13. The first-order chi connectivity index (χ1) is 15.9. The summed E-state index contributed by atoms with van der Waals surface area (Å²) in [5, 5.41) is 9.68. The van der Waals surface area contributed by atoms with Gasteiger partial charge in [-0.1, -0.05) is 12.1 Å². The van der Waals surface area contributed by atoms with Crippen molar-refractivity contribution in [3.05, 3.63) is 59.6 Å². The Morgan fingerprint density at radius 3 is 2.39 bits per heavy atom. The summed E-state index contributed by atoms with van der Waals surface area (Å²) in [6.45, 7) is 5.81. The number of thiazole rings is 1. The number of likely N-dealkylation sites (N-methyl/N-ethyl adjacent to an activating group) is 1. The predicted molar refractivity (Wildman–Crippen MR) is 132 cm³/mol. The number of anilines is 2. The second-order valence-corrected chi connectivity index (χ2v) is 11.0. The molecule has 1 aliphatic heterocycles. The summed E-state index contributed by atoms with van der Waals surface area (Å²) >= 11 is 1.48. The number of hydrogen-bond acceptors (Lipinski definition) is 8. The summed E-state index contributed by atoms with van der Waals surface area (Å²) in [5.74, 6) is 0.879. The predicted octanol–water partition coefficient (Wildman–Crippen LogP) is 3.61. The van der Waals surface area contributed by atoms with E-state index in [2.05, 4.69) is 36.8 Å². The molecule has 10 heteroatoms. The summed E-state index contributed by atoms with van der Waals surface area (Å²) in [6, 6.07) is 16.1. The van der Waals surface area contributed by atoms with Crippen LogP contribution in [0.25, 0.3) is 21.5 Å². The Morgan fingerprint density at radius 1 is 0.939 bits per heavy atom. The van der Waals surface area contributed by atoms with Crippen LogP contribution < -0.4 is 9.62 Å². The minimum Gasteiger partial charge on any atom is -0.353 e. The van der Waals surface area contributed by atoms with Gasteiger partial charge in [0, 0.05) is 37.4 Å². The van der Waals surface area contributed by atoms with Crippen molar-refractivity contribution >= 4 is 43.1 Å². The Bertz CT molecular complexity index is 1380. The van der Waals surface area contributed by atoms with E-state index in [0.29, 0.717) is 5.69 Å². The van der Waals surface area contributed by atoms with E-state index in [1.54, 1.807) is 30.3 Å². The van der Waals surface area contributed by atoms with E-state index in [1.165, 1.54) is 11.3 Å². The van der Waals surface area contributed by atoms with Gasteiger partial charge in [-0.2, -0.15) is 0 Å². The van der Waals surface area contributed by atoms with Gasteiger partial charge < -0.3 is 9.80 Å². The van der Waals surface area contributed by atoms with Crippen LogP contribution in [0.5, 0.6) is 0 Å². The molecule has 0 aliphatic carbocycles. The molecule has 1 N–H and O–H groups in total. The van der Waals surface area contributed by atoms with Crippen molar-refractivity contribution < 1.29 is 8.42 Å². The highest BCUT2D eigenvalue weighted by molar-refractivity contribution is 7.92. The van der Waals surface area contributed by atoms with Crippen LogP contribution in [0.1, 0.15) is 5.01 Å². The molecule has 4 aromatic rings. The molecule has 1 aliphatic rings. The van der Waals surface area contributed by atoms with E-state index in [0.717, 1.165) is 58.5 Å². The minimum atomic E-state index is -3.70. The number of aromatic nitrogens is 3. The van der Waals surface area contributed by atoms with Crippen LogP contribution in [0, 0.1) is 6.92 Å². The van der Waals surface area contributed by atoms with Crippen molar-refractivity contribution in [3.8, 4) is 11.3 Å². The van der Waals surface area contributed by atoms with Gasteiger partial charge in [-0.05, 0) is 56.4 Å². The Morgan fingerprint density at radius 2 is 1.70 bits per heavy atom. The second-order valence-electron chi connectivity index (χ2n) is 8.11. The quantitative estimate of drug-likeness (QED) is 0.467. The molecule has 3 heterocycles. The summed E-state index contributed by atoms with van der Waals surface area (Å²) in [5.41, 5.74) is 2.91. The molecule has 1 saturated heterocycles. The minimum absolute atomic E-state index is 0.216. The zero-order valence-corrected chi connectivity index (χ0v) is 20.0. The number of piperazine rings is 1. The Hall–Kier alpha value is -3.08. The van der Waals surface area contributed by atoms with Crippen molar-refractivity contribution in [1.29, 1.82) is 0 Å². The Kier molecular flexibility index (Phi) is 5.73. The zero-order chi connectivity index (χ0) is 23.0. The van der Waals surface area contributed by atoms with Gasteiger partial charge in [0.05, 0.1) is 25.8 Å². The number of aryl methyl sites for hydroxylation is 1. The fourth-order valence-electron chi connectivity index (χ4n) is 3.79. The van der Waals surface area contributed by atoms with Crippen molar-refractivity contribution in [2.75, 3.05) is 42.8 Å². The van der Waals surface area contributed by atoms with E-state index in [1.807, 2.05) is 31.2 Å². The van der Waals surface area contributed by atoms with E-state index in [9.17, 15) is 8.42 Å². The molecule has 5 rings (SSSR count). The van der Waals surface area contributed by atoms with Gasteiger partial charge in [-0.25, -0.2) is 13.4 Å². The van der Waals surface area contributed by atoms with Crippen molar-refractivity contribution in [2.24, 2.45) is 0 Å². The van der Waals surface area contributed by atoms with Gasteiger partial charge in [0.15, 0.2) is 5.82 Å². The van der Waals surface area contributed by atoms with Crippen molar-refractivity contribution in [3.63, 3.8) is 0 Å². The van der Waals surface area contributed by atoms with Crippen LogP contribution in [-0.2, 0) is 10.0 Å². The first kappa shape index (κ1) is 21.7. The van der Waals surface area contributed by atoms with Gasteiger partial charge in [-0.15, -0.1) is 21.5 Å². The third kappa shape index (κ3) is 4.68. The first-order valence-corrected chi connectivity index (χ1v) is 12.9. The maximum atomic E-state index is 12.9. The second kappa shape index (κ2) is 8.69. The highest BCUT2D eigenvalue weighted by Crippen LogP contribution is 2.27. The molecule has 8 nitrogen and oxygen atoms in total. The van der Waals surface area contributed by atoms with Crippen LogP contribution in [0.2, 0.25) is 0 Å². The fourth-order valence-corrected chi connectivity index (χ4v) is 5.82. The maximum Gasteiger partial charge on any atom is 0.261 e. The lowest BCUT2D eigenvalue weighted by molar-refractivity contribution is 0.312. The molecule has 0 spiro atoms. The third-order valence-corrected chi connectivity index (χ3v) is 8.00. The van der Waals surface area contributed by atoms with Crippen LogP contribution >= 0.6 is 11.3 Å².